The minimum absolute atomic E-state index is 0.0107. The molecule has 4 rings (SSSR count). The average molecular weight is 417 g/mol. The lowest BCUT2D eigenvalue weighted by molar-refractivity contribution is -0.132. The van der Waals surface area contributed by atoms with Gasteiger partial charge in [-0.15, -0.1) is 11.3 Å². The number of nitrogens with zero attached hydrogens (tertiary/aromatic N) is 3. The summed E-state index contributed by atoms with van der Waals surface area (Å²) in [5.74, 6) is 1.61. The third-order valence-corrected chi connectivity index (χ3v) is 7.74. The average Bonchev–Trinajstić information content (AvgIpc) is 3.05. The molecule has 3 heterocycles. The van der Waals surface area contributed by atoms with Gasteiger partial charge in [-0.05, 0) is 36.2 Å². The number of piperazine rings is 1. The normalized spacial score (nSPS) is 20.8. The Balaban J connectivity index is 1.52. The van der Waals surface area contributed by atoms with E-state index in [9.17, 15) is 9.59 Å². The van der Waals surface area contributed by atoms with Crippen molar-refractivity contribution in [3.8, 4) is 0 Å². The Morgan fingerprint density at radius 3 is 2.62 bits per heavy atom. The first-order chi connectivity index (χ1) is 13.8. The van der Waals surface area contributed by atoms with Gasteiger partial charge < -0.3 is 9.88 Å². The summed E-state index contributed by atoms with van der Waals surface area (Å²) in [6, 6.07) is 0. The molecule has 0 spiro atoms. The van der Waals surface area contributed by atoms with Gasteiger partial charge in [-0.25, -0.2) is 4.98 Å². The highest BCUT2D eigenvalue weighted by atomic mass is 32.1. The molecule has 6 nitrogen and oxygen atoms in total. The summed E-state index contributed by atoms with van der Waals surface area (Å²) in [5, 5.41) is 0.819. The van der Waals surface area contributed by atoms with Crippen molar-refractivity contribution in [2.24, 2.45) is 11.3 Å². The minimum Gasteiger partial charge on any atom is -0.340 e. The Kier molecular flexibility index (Phi) is 5.55. The van der Waals surface area contributed by atoms with E-state index in [1.54, 1.807) is 11.3 Å². The third-order valence-electron chi connectivity index (χ3n) is 6.59. The standard InChI is InChI=1S/C22H32N4O2S/c1-5-18(27)26-10-8-25(9-11-26)13-17-23-20(28)19-15-7-6-14(22(2,3)4)12-16(15)29-21(19)24-17/h14H,5-13H2,1-4H3,(H,23,24,28)/t14-/m0/s1. The number of rotatable bonds is 3. The molecule has 1 aliphatic carbocycles. The Morgan fingerprint density at radius 2 is 1.97 bits per heavy atom. The van der Waals surface area contributed by atoms with Crippen molar-refractivity contribution < 1.29 is 4.79 Å². The minimum atomic E-state index is 0.0107. The van der Waals surface area contributed by atoms with Crippen LogP contribution in [0.4, 0.5) is 0 Å². The van der Waals surface area contributed by atoms with E-state index in [-0.39, 0.29) is 11.5 Å². The van der Waals surface area contributed by atoms with Crippen molar-refractivity contribution in [1.82, 2.24) is 19.8 Å². The summed E-state index contributed by atoms with van der Waals surface area (Å²) in [6.07, 6.45) is 3.74. The molecule has 1 N–H and O–H groups in total. The van der Waals surface area contributed by atoms with E-state index in [0.29, 0.717) is 24.3 Å². The van der Waals surface area contributed by atoms with Gasteiger partial charge in [0.2, 0.25) is 5.91 Å². The Labute approximate surface area is 176 Å². The smallest absolute Gasteiger partial charge is 0.259 e. The van der Waals surface area contributed by atoms with E-state index in [1.807, 2.05) is 11.8 Å². The number of hydrogen-bond donors (Lipinski definition) is 1. The van der Waals surface area contributed by atoms with E-state index < -0.39 is 0 Å². The maximum absolute atomic E-state index is 12.9. The Morgan fingerprint density at radius 1 is 1.24 bits per heavy atom. The maximum Gasteiger partial charge on any atom is 0.259 e. The first kappa shape index (κ1) is 20.5. The van der Waals surface area contributed by atoms with Crippen molar-refractivity contribution in [3.05, 3.63) is 26.6 Å². The number of hydrogen-bond acceptors (Lipinski definition) is 5. The third kappa shape index (κ3) is 4.12. The molecule has 0 aromatic carbocycles. The number of aromatic nitrogens is 2. The molecule has 1 saturated heterocycles. The predicted molar refractivity (Wildman–Crippen MR) is 117 cm³/mol. The number of H-pyrrole nitrogens is 1. The van der Waals surface area contributed by atoms with Crippen LogP contribution in [0.1, 0.15) is 56.8 Å². The van der Waals surface area contributed by atoms with E-state index in [1.165, 1.54) is 10.4 Å². The van der Waals surface area contributed by atoms with Gasteiger partial charge in [0.05, 0.1) is 11.9 Å². The molecule has 2 aliphatic rings. The molecular weight excluding hydrogens is 384 g/mol. The summed E-state index contributed by atoms with van der Waals surface area (Å²) >= 11 is 1.71. The second kappa shape index (κ2) is 7.84. The highest BCUT2D eigenvalue weighted by molar-refractivity contribution is 7.18. The summed E-state index contributed by atoms with van der Waals surface area (Å²) in [5.41, 5.74) is 1.54. The van der Waals surface area contributed by atoms with Crippen LogP contribution in [0.15, 0.2) is 4.79 Å². The van der Waals surface area contributed by atoms with Gasteiger partial charge in [-0.2, -0.15) is 0 Å². The molecule has 0 unspecified atom stereocenters. The topological polar surface area (TPSA) is 69.3 Å². The van der Waals surface area contributed by atoms with Crippen LogP contribution in [0.2, 0.25) is 0 Å². The molecule has 29 heavy (non-hydrogen) atoms. The molecule has 1 aliphatic heterocycles. The number of carbonyl (C=O) groups is 1. The van der Waals surface area contributed by atoms with Gasteiger partial charge in [0.15, 0.2) is 0 Å². The van der Waals surface area contributed by atoms with Crippen LogP contribution < -0.4 is 5.56 Å². The van der Waals surface area contributed by atoms with Gasteiger partial charge in [-0.1, -0.05) is 27.7 Å². The molecule has 0 radical (unpaired) electrons. The van der Waals surface area contributed by atoms with Gasteiger partial charge in [0.25, 0.3) is 5.56 Å². The number of aromatic amines is 1. The molecule has 2 aromatic rings. The zero-order valence-electron chi connectivity index (χ0n) is 18.0. The van der Waals surface area contributed by atoms with Crippen LogP contribution in [0.5, 0.6) is 0 Å². The summed E-state index contributed by atoms with van der Waals surface area (Å²) in [7, 11) is 0. The fourth-order valence-electron chi connectivity index (χ4n) is 4.63. The second-order valence-corrected chi connectivity index (χ2v) is 10.6. The highest BCUT2D eigenvalue weighted by Crippen LogP contribution is 2.41. The van der Waals surface area contributed by atoms with Gasteiger partial charge in [-0.3, -0.25) is 14.5 Å². The van der Waals surface area contributed by atoms with Gasteiger partial charge in [0, 0.05) is 37.5 Å². The number of thiophene rings is 1. The maximum atomic E-state index is 12.9. The highest BCUT2D eigenvalue weighted by Gasteiger charge is 2.31. The first-order valence-corrected chi connectivity index (χ1v) is 11.6. The lowest BCUT2D eigenvalue weighted by Gasteiger charge is -2.34. The van der Waals surface area contributed by atoms with Crippen LogP contribution >= 0.6 is 11.3 Å². The van der Waals surface area contributed by atoms with Crippen molar-refractivity contribution in [2.45, 2.75) is 59.9 Å². The Bertz CT molecular complexity index is 964. The number of aryl methyl sites for hydroxylation is 1. The molecule has 0 bridgehead atoms. The van der Waals surface area contributed by atoms with E-state index in [2.05, 4.69) is 30.7 Å². The van der Waals surface area contributed by atoms with Crippen LogP contribution in [-0.4, -0.2) is 51.9 Å². The fourth-order valence-corrected chi connectivity index (χ4v) is 5.95. The number of fused-ring (bicyclic) bond motifs is 3. The zero-order valence-corrected chi connectivity index (χ0v) is 18.8. The first-order valence-electron chi connectivity index (χ1n) is 10.8. The quantitative estimate of drug-likeness (QED) is 0.834. The van der Waals surface area contributed by atoms with E-state index >= 15 is 0 Å². The van der Waals surface area contributed by atoms with E-state index in [4.69, 9.17) is 4.98 Å². The van der Waals surface area contributed by atoms with Crippen molar-refractivity contribution >= 4 is 27.5 Å². The molecule has 1 fully saturated rings. The summed E-state index contributed by atoms with van der Waals surface area (Å²) in [4.78, 5) is 39.0. The van der Waals surface area contributed by atoms with Crippen molar-refractivity contribution in [1.29, 1.82) is 0 Å². The molecule has 0 saturated carbocycles. The molecular formula is C22H32N4O2S. The number of nitrogens with one attached hydrogen (secondary N) is 1. The van der Waals surface area contributed by atoms with Crippen molar-refractivity contribution in [2.75, 3.05) is 26.2 Å². The second-order valence-electron chi connectivity index (χ2n) is 9.51. The van der Waals surface area contributed by atoms with Crippen LogP contribution in [0, 0.1) is 11.3 Å². The zero-order chi connectivity index (χ0) is 20.8. The molecule has 1 amide bonds. The lowest BCUT2D eigenvalue weighted by atomic mass is 9.72. The van der Waals surface area contributed by atoms with Crippen LogP contribution in [-0.2, 0) is 24.2 Å². The van der Waals surface area contributed by atoms with Crippen LogP contribution in [0.3, 0.4) is 0 Å². The molecule has 158 valence electrons. The monoisotopic (exact) mass is 416 g/mol. The molecule has 1 atom stereocenters. The van der Waals surface area contributed by atoms with E-state index in [0.717, 1.165) is 61.5 Å². The predicted octanol–water partition coefficient (Wildman–Crippen LogP) is 3.19. The Hall–Kier alpha value is -1.73. The fraction of sp³-hybridized carbons (Fsp3) is 0.682. The summed E-state index contributed by atoms with van der Waals surface area (Å²) in [6.45, 7) is 12.6. The van der Waals surface area contributed by atoms with Gasteiger partial charge in [0.1, 0.15) is 10.7 Å². The van der Waals surface area contributed by atoms with Crippen LogP contribution in [0.25, 0.3) is 10.2 Å². The SMILES string of the molecule is CCC(=O)N1CCN(Cc2nc3sc4c(c3c(=O)[nH]2)CC[C@H](C(C)(C)C)C4)CC1. The number of carbonyl (C=O) groups excluding carboxylic acids is 1. The molecule has 7 heteroatoms. The number of amides is 1. The van der Waals surface area contributed by atoms with Gasteiger partial charge >= 0.3 is 0 Å². The molecule has 2 aromatic heterocycles. The largest absolute Gasteiger partial charge is 0.340 e. The van der Waals surface area contributed by atoms with Crippen molar-refractivity contribution in [3.63, 3.8) is 0 Å². The summed E-state index contributed by atoms with van der Waals surface area (Å²) < 4.78 is 0. The lowest BCUT2D eigenvalue weighted by Crippen LogP contribution is -2.48.